The number of hydrogen-bond donors (Lipinski definition) is 1. The van der Waals surface area contributed by atoms with Crippen molar-refractivity contribution in [3.8, 4) is 0 Å². The van der Waals surface area contributed by atoms with Crippen LogP contribution >= 0.6 is 0 Å². The van der Waals surface area contributed by atoms with Crippen molar-refractivity contribution in [1.82, 2.24) is 19.6 Å². The number of hydrogen-bond acceptors (Lipinski definition) is 5. The minimum Gasteiger partial charge on any atom is -0.350 e. The van der Waals surface area contributed by atoms with Crippen molar-refractivity contribution in [3.05, 3.63) is 18.7 Å². The van der Waals surface area contributed by atoms with Crippen molar-refractivity contribution >= 4 is 11.5 Å². The van der Waals surface area contributed by atoms with E-state index in [1.54, 1.807) is 12.5 Å². The molecular formula is C8H10N6. The lowest BCUT2D eigenvalue weighted by atomic mass is 10.1. The lowest BCUT2D eigenvalue weighted by Gasteiger charge is -2.37. The van der Waals surface area contributed by atoms with E-state index < -0.39 is 0 Å². The van der Waals surface area contributed by atoms with Crippen LogP contribution in [0.2, 0.25) is 0 Å². The third-order valence-electron chi connectivity index (χ3n) is 2.41. The van der Waals surface area contributed by atoms with E-state index in [-0.39, 0.29) is 6.04 Å². The van der Waals surface area contributed by atoms with Gasteiger partial charge in [-0.3, -0.25) is 4.40 Å². The number of anilines is 1. The third-order valence-corrected chi connectivity index (χ3v) is 2.41. The fourth-order valence-corrected chi connectivity index (χ4v) is 1.65. The lowest BCUT2D eigenvalue weighted by Crippen LogP contribution is -2.56. The first kappa shape index (κ1) is 7.69. The zero-order chi connectivity index (χ0) is 9.54. The Kier molecular flexibility index (Phi) is 1.45. The molecule has 6 nitrogen and oxygen atoms in total. The van der Waals surface area contributed by atoms with Crippen LogP contribution in [0.5, 0.6) is 0 Å². The molecular weight excluding hydrogens is 180 g/mol. The third kappa shape index (κ3) is 0.973. The van der Waals surface area contributed by atoms with Gasteiger partial charge in [0.2, 0.25) is 5.65 Å². The largest absolute Gasteiger partial charge is 0.350 e. The molecule has 0 spiro atoms. The van der Waals surface area contributed by atoms with Gasteiger partial charge in [-0.2, -0.15) is 0 Å². The molecule has 2 aromatic rings. The minimum absolute atomic E-state index is 0.264. The number of nitrogens with two attached hydrogens (primary N) is 1. The molecule has 3 rings (SSSR count). The monoisotopic (exact) mass is 190 g/mol. The number of fused-ring (bicyclic) bond motifs is 1. The van der Waals surface area contributed by atoms with Gasteiger partial charge in [0, 0.05) is 31.5 Å². The number of nitrogens with zero attached hydrogens (tertiary/aromatic N) is 5. The Morgan fingerprint density at radius 3 is 3.07 bits per heavy atom. The molecule has 2 aromatic heterocycles. The van der Waals surface area contributed by atoms with Crippen molar-refractivity contribution in [2.45, 2.75) is 6.04 Å². The van der Waals surface area contributed by atoms with Crippen molar-refractivity contribution in [2.24, 2.45) is 5.73 Å². The molecule has 14 heavy (non-hydrogen) atoms. The maximum Gasteiger partial charge on any atom is 0.203 e. The molecule has 1 aliphatic rings. The van der Waals surface area contributed by atoms with Crippen LogP contribution in [0.3, 0.4) is 0 Å². The summed E-state index contributed by atoms with van der Waals surface area (Å²) in [5.74, 6) is 0.867. The first-order chi connectivity index (χ1) is 6.84. The van der Waals surface area contributed by atoms with Gasteiger partial charge in [0.15, 0.2) is 5.82 Å². The molecule has 0 amide bonds. The van der Waals surface area contributed by atoms with Gasteiger partial charge in [-0.1, -0.05) is 0 Å². The topological polar surface area (TPSA) is 72.3 Å². The van der Waals surface area contributed by atoms with Crippen molar-refractivity contribution in [3.63, 3.8) is 0 Å². The summed E-state index contributed by atoms with van der Waals surface area (Å²) in [4.78, 5) is 6.39. The standard InChI is InChI=1S/C8H10N6/c9-6-3-14(4-6)7-8-12-11-5-13(8)2-1-10-7/h1-2,5-6H,3-4,9H2. The Labute approximate surface area is 80.4 Å². The fraction of sp³-hybridized carbons (Fsp3) is 0.375. The second-order valence-electron chi connectivity index (χ2n) is 3.48. The van der Waals surface area contributed by atoms with E-state index in [1.165, 1.54) is 0 Å². The van der Waals surface area contributed by atoms with E-state index in [0.29, 0.717) is 0 Å². The first-order valence-corrected chi connectivity index (χ1v) is 4.49. The van der Waals surface area contributed by atoms with Crippen molar-refractivity contribution in [1.29, 1.82) is 0 Å². The summed E-state index contributed by atoms with van der Waals surface area (Å²) in [5, 5.41) is 7.85. The molecule has 3 heterocycles. The smallest absolute Gasteiger partial charge is 0.203 e. The maximum absolute atomic E-state index is 5.71. The summed E-state index contributed by atoms with van der Waals surface area (Å²) in [6, 6.07) is 0.264. The Hall–Kier alpha value is -1.69. The average molecular weight is 190 g/mol. The minimum atomic E-state index is 0.264. The number of rotatable bonds is 1. The molecule has 6 heteroatoms. The van der Waals surface area contributed by atoms with Crippen LogP contribution in [0.15, 0.2) is 18.7 Å². The average Bonchev–Trinajstić information content (AvgIpc) is 2.60. The highest BCUT2D eigenvalue weighted by molar-refractivity contribution is 5.64. The van der Waals surface area contributed by atoms with E-state index in [1.807, 2.05) is 10.6 Å². The Morgan fingerprint density at radius 1 is 1.43 bits per heavy atom. The summed E-state index contributed by atoms with van der Waals surface area (Å²) >= 11 is 0. The van der Waals surface area contributed by atoms with Crippen LogP contribution in [0.4, 0.5) is 5.82 Å². The SMILES string of the molecule is NC1CN(c2nccn3cnnc23)C1. The van der Waals surface area contributed by atoms with E-state index in [9.17, 15) is 0 Å². The summed E-state index contributed by atoms with van der Waals surface area (Å²) < 4.78 is 1.85. The molecule has 0 aromatic carbocycles. The first-order valence-electron chi connectivity index (χ1n) is 4.49. The fourth-order valence-electron chi connectivity index (χ4n) is 1.65. The van der Waals surface area contributed by atoms with Crippen LogP contribution in [0.25, 0.3) is 5.65 Å². The molecule has 2 N–H and O–H groups in total. The van der Waals surface area contributed by atoms with Crippen LogP contribution in [-0.4, -0.2) is 38.7 Å². The molecule has 0 atom stereocenters. The predicted molar refractivity (Wildman–Crippen MR) is 51.0 cm³/mol. The van der Waals surface area contributed by atoms with Gasteiger partial charge in [-0.15, -0.1) is 10.2 Å². The highest BCUT2D eigenvalue weighted by Gasteiger charge is 2.26. The van der Waals surface area contributed by atoms with Gasteiger partial charge in [0.1, 0.15) is 6.33 Å². The summed E-state index contributed by atoms with van der Waals surface area (Å²) in [5.41, 5.74) is 6.50. The zero-order valence-corrected chi connectivity index (χ0v) is 7.54. The normalized spacial score (nSPS) is 17.4. The second-order valence-corrected chi connectivity index (χ2v) is 3.48. The molecule has 0 aliphatic carbocycles. The molecule has 0 unspecified atom stereocenters. The van der Waals surface area contributed by atoms with Crippen molar-refractivity contribution in [2.75, 3.05) is 18.0 Å². The molecule has 0 saturated carbocycles. The zero-order valence-electron chi connectivity index (χ0n) is 7.54. The Morgan fingerprint density at radius 2 is 2.29 bits per heavy atom. The van der Waals surface area contributed by atoms with Gasteiger partial charge < -0.3 is 10.6 Å². The van der Waals surface area contributed by atoms with E-state index in [4.69, 9.17) is 5.73 Å². The predicted octanol–water partition coefficient (Wildman–Crippen LogP) is -0.728. The van der Waals surface area contributed by atoms with Gasteiger partial charge in [-0.05, 0) is 0 Å². The van der Waals surface area contributed by atoms with E-state index in [2.05, 4.69) is 20.1 Å². The molecule has 0 radical (unpaired) electrons. The highest BCUT2D eigenvalue weighted by atomic mass is 15.3. The van der Waals surface area contributed by atoms with E-state index in [0.717, 1.165) is 24.6 Å². The van der Waals surface area contributed by atoms with Crippen molar-refractivity contribution < 1.29 is 0 Å². The van der Waals surface area contributed by atoms with Gasteiger partial charge in [-0.25, -0.2) is 4.98 Å². The second kappa shape index (κ2) is 2.65. The van der Waals surface area contributed by atoms with Gasteiger partial charge in [0.05, 0.1) is 0 Å². The van der Waals surface area contributed by atoms with Gasteiger partial charge in [0.25, 0.3) is 0 Å². The molecule has 1 fully saturated rings. The van der Waals surface area contributed by atoms with E-state index >= 15 is 0 Å². The molecule has 0 bridgehead atoms. The summed E-state index contributed by atoms with van der Waals surface area (Å²) in [7, 11) is 0. The van der Waals surface area contributed by atoms with Crippen LogP contribution in [0.1, 0.15) is 0 Å². The maximum atomic E-state index is 5.71. The lowest BCUT2D eigenvalue weighted by molar-refractivity contribution is 0.515. The summed E-state index contributed by atoms with van der Waals surface area (Å²) in [6.45, 7) is 1.69. The molecule has 72 valence electrons. The van der Waals surface area contributed by atoms with Gasteiger partial charge >= 0.3 is 0 Å². The Bertz CT molecular complexity index is 458. The highest BCUT2D eigenvalue weighted by Crippen LogP contribution is 2.20. The Balaban J connectivity index is 2.07. The van der Waals surface area contributed by atoms with Crippen LogP contribution in [-0.2, 0) is 0 Å². The summed E-state index contributed by atoms with van der Waals surface area (Å²) in [6.07, 6.45) is 5.24. The molecule has 1 aliphatic heterocycles. The number of aromatic nitrogens is 4. The quantitative estimate of drug-likeness (QED) is 0.642. The van der Waals surface area contributed by atoms with Crippen LogP contribution < -0.4 is 10.6 Å². The van der Waals surface area contributed by atoms with Crippen LogP contribution in [0, 0.1) is 0 Å². The molecule has 1 saturated heterocycles.